The topological polar surface area (TPSA) is 74.6 Å². The summed E-state index contributed by atoms with van der Waals surface area (Å²) in [5, 5.41) is 5.67. The second-order valence-corrected chi connectivity index (χ2v) is 4.47. The zero-order chi connectivity index (χ0) is 15.0. The van der Waals surface area contributed by atoms with E-state index in [2.05, 4.69) is 10.6 Å². The van der Waals surface area contributed by atoms with Crippen LogP contribution in [0.2, 0.25) is 0 Å². The maximum Gasteiger partial charge on any atom is 0.237 e. The van der Waals surface area contributed by atoms with Gasteiger partial charge in [-0.25, -0.2) is 0 Å². The molecule has 6 heteroatoms. The highest BCUT2D eigenvalue weighted by Crippen LogP contribution is 1.98. The van der Waals surface area contributed by atoms with Gasteiger partial charge in [0.2, 0.25) is 11.8 Å². The third-order valence-electron chi connectivity index (χ3n) is 3.09. The number of hydrogen-bond acceptors (Lipinski definition) is 4. The Labute approximate surface area is 119 Å². The van der Waals surface area contributed by atoms with Gasteiger partial charge in [-0.1, -0.05) is 0 Å². The lowest BCUT2D eigenvalue weighted by Crippen LogP contribution is -2.46. The lowest BCUT2D eigenvalue weighted by molar-refractivity contribution is -0.130. The molecule has 2 amide bonds. The molecule has 0 saturated heterocycles. The van der Waals surface area contributed by atoms with Crippen molar-refractivity contribution >= 4 is 11.8 Å². The molecule has 0 aliphatic rings. The van der Waals surface area contributed by atoms with E-state index in [1.807, 2.05) is 13.8 Å². The summed E-state index contributed by atoms with van der Waals surface area (Å²) in [6, 6.07) is 3.14. The van der Waals surface area contributed by atoms with E-state index in [1.165, 1.54) is 0 Å². The highest BCUT2D eigenvalue weighted by Gasteiger charge is 2.15. The van der Waals surface area contributed by atoms with Crippen molar-refractivity contribution in [2.75, 3.05) is 19.6 Å². The number of nitrogens with one attached hydrogen (secondary N) is 2. The molecule has 0 saturated carbocycles. The first-order valence-electron chi connectivity index (χ1n) is 6.89. The highest BCUT2D eigenvalue weighted by molar-refractivity contribution is 5.83. The van der Waals surface area contributed by atoms with E-state index in [-0.39, 0.29) is 18.4 Å². The number of amides is 2. The predicted octanol–water partition coefficient (Wildman–Crippen LogP) is 0.742. The molecule has 0 radical (unpaired) electrons. The SMILES string of the molecule is CCN(CC)C(=O)CNC(C)C(=O)NCc1ccco1. The maximum atomic E-state index is 11.8. The zero-order valence-corrected chi connectivity index (χ0v) is 12.3. The van der Waals surface area contributed by atoms with Crippen LogP contribution in [0, 0.1) is 0 Å². The van der Waals surface area contributed by atoms with E-state index in [1.54, 1.807) is 30.2 Å². The van der Waals surface area contributed by atoms with Gasteiger partial charge in [0.25, 0.3) is 0 Å². The van der Waals surface area contributed by atoms with Crippen LogP contribution in [0.1, 0.15) is 26.5 Å². The highest BCUT2D eigenvalue weighted by atomic mass is 16.3. The standard InChI is InChI=1S/C14H23N3O3/c1-4-17(5-2)13(18)10-15-11(3)14(19)16-9-12-7-6-8-20-12/h6-8,11,15H,4-5,9-10H2,1-3H3,(H,16,19). The average Bonchev–Trinajstić information content (AvgIpc) is 2.96. The van der Waals surface area contributed by atoms with E-state index >= 15 is 0 Å². The molecular weight excluding hydrogens is 258 g/mol. The van der Waals surface area contributed by atoms with Gasteiger partial charge in [-0.2, -0.15) is 0 Å². The van der Waals surface area contributed by atoms with Crippen LogP contribution < -0.4 is 10.6 Å². The Hall–Kier alpha value is -1.82. The molecule has 1 aromatic rings. The predicted molar refractivity (Wildman–Crippen MR) is 75.9 cm³/mol. The number of likely N-dealkylation sites (N-methyl/N-ethyl adjacent to an activating group) is 1. The number of hydrogen-bond donors (Lipinski definition) is 2. The van der Waals surface area contributed by atoms with Gasteiger partial charge in [-0.3, -0.25) is 14.9 Å². The normalized spacial score (nSPS) is 11.9. The molecule has 0 fully saturated rings. The van der Waals surface area contributed by atoms with Gasteiger partial charge in [-0.05, 0) is 32.9 Å². The fraction of sp³-hybridized carbons (Fsp3) is 0.571. The fourth-order valence-corrected chi connectivity index (χ4v) is 1.76. The van der Waals surface area contributed by atoms with Crippen LogP contribution in [0.15, 0.2) is 22.8 Å². The van der Waals surface area contributed by atoms with E-state index < -0.39 is 6.04 Å². The van der Waals surface area contributed by atoms with Crippen molar-refractivity contribution in [3.8, 4) is 0 Å². The Morgan fingerprint density at radius 1 is 1.35 bits per heavy atom. The van der Waals surface area contributed by atoms with Crippen molar-refractivity contribution in [2.24, 2.45) is 0 Å². The number of nitrogens with zero attached hydrogens (tertiary/aromatic N) is 1. The van der Waals surface area contributed by atoms with Gasteiger partial charge in [0.05, 0.1) is 25.4 Å². The molecule has 0 aliphatic carbocycles. The molecule has 6 nitrogen and oxygen atoms in total. The second kappa shape index (κ2) is 8.37. The minimum Gasteiger partial charge on any atom is -0.467 e. The van der Waals surface area contributed by atoms with Crippen LogP contribution in [0.5, 0.6) is 0 Å². The molecule has 20 heavy (non-hydrogen) atoms. The molecule has 0 bridgehead atoms. The van der Waals surface area contributed by atoms with Gasteiger partial charge < -0.3 is 14.6 Å². The molecule has 112 valence electrons. The maximum absolute atomic E-state index is 11.8. The molecule has 1 rings (SSSR count). The van der Waals surface area contributed by atoms with E-state index in [4.69, 9.17) is 4.42 Å². The lowest BCUT2D eigenvalue weighted by Gasteiger charge is -2.20. The third-order valence-corrected chi connectivity index (χ3v) is 3.09. The van der Waals surface area contributed by atoms with E-state index in [0.29, 0.717) is 25.4 Å². The summed E-state index contributed by atoms with van der Waals surface area (Å²) in [6.45, 7) is 7.46. The zero-order valence-electron chi connectivity index (χ0n) is 12.3. The summed E-state index contributed by atoms with van der Waals surface area (Å²) in [5.74, 6) is 0.541. The summed E-state index contributed by atoms with van der Waals surface area (Å²) in [7, 11) is 0. The van der Waals surface area contributed by atoms with Gasteiger partial charge in [0.15, 0.2) is 0 Å². The van der Waals surface area contributed by atoms with Crippen LogP contribution in [0.25, 0.3) is 0 Å². The molecule has 1 unspecified atom stereocenters. The first-order valence-corrected chi connectivity index (χ1v) is 6.89. The van der Waals surface area contributed by atoms with Crippen LogP contribution in [0.4, 0.5) is 0 Å². The molecule has 0 aromatic carbocycles. The number of rotatable bonds is 8. The Balaban J connectivity index is 2.29. The minimum absolute atomic E-state index is 0.000634. The van der Waals surface area contributed by atoms with Crippen LogP contribution >= 0.6 is 0 Å². The molecule has 1 aromatic heterocycles. The van der Waals surface area contributed by atoms with Gasteiger partial charge in [-0.15, -0.1) is 0 Å². The van der Waals surface area contributed by atoms with E-state index in [0.717, 1.165) is 0 Å². The first kappa shape index (κ1) is 16.2. The molecule has 2 N–H and O–H groups in total. The Morgan fingerprint density at radius 3 is 2.60 bits per heavy atom. The van der Waals surface area contributed by atoms with Crippen molar-refractivity contribution in [2.45, 2.75) is 33.4 Å². The summed E-state index contributed by atoms with van der Waals surface area (Å²) in [5.41, 5.74) is 0. The second-order valence-electron chi connectivity index (χ2n) is 4.47. The number of carbonyl (C=O) groups is 2. The molecule has 0 spiro atoms. The van der Waals surface area contributed by atoms with Gasteiger partial charge >= 0.3 is 0 Å². The lowest BCUT2D eigenvalue weighted by atomic mass is 10.3. The summed E-state index contributed by atoms with van der Waals surface area (Å²) >= 11 is 0. The first-order chi connectivity index (χ1) is 9.58. The van der Waals surface area contributed by atoms with Crippen molar-refractivity contribution in [1.29, 1.82) is 0 Å². The van der Waals surface area contributed by atoms with E-state index in [9.17, 15) is 9.59 Å². The Morgan fingerprint density at radius 2 is 2.05 bits per heavy atom. The average molecular weight is 281 g/mol. The van der Waals surface area contributed by atoms with Crippen LogP contribution in [0.3, 0.4) is 0 Å². The quantitative estimate of drug-likeness (QED) is 0.737. The Kier molecular flexibility index (Phi) is 6.79. The number of carbonyl (C=O) groups excluding carboxylic acids is 2. The number of furan rings is 1. The largest absolute Gasteiger partial charge is 0.467 e. The smallest absolute Gasteiger partial charge is 0.237 e. The van der Waals surface area contributed by atoms with Crippen LogP contribution in [-0.2, 0) is 16.1 Å². The molecule has 1 heterocycles. The van der Waals surface area contributed by atoms with Crippen LogP contribution in [-0.4, -0.2) is 42.4 Å². The van der Waals surface area contributed by atoms with Crippen molar-refractivity contribution < 1.29 is 14.0 Å². The van der Waals surface area contributed by atoms with Crippen molar-refractivity contribution in [3.05, 3.63) is 24.2 Å². The van der Waals surface area contributed by atoms with Gasteiger partial charge in [0, 0.05) is 13.1 Å². The fourth-order valence-electron chi connectivity index (χ4n) is 1.76. The molecule has 0 aliphatic heterocycles. The van der Waals surface area contributed by atoms with Crippen molar-refractivity contribution in [1.82, 2.24) is 15.5 Å². The Bertz CT molecular complexity index is 413. The minimum atomic E-state index is -0.426. The van der Waals surface area contributed by atoms with Crippen molar-refractivity contribution in [3.63, 3.8) is 0 Å². The summed E-state index contributed by atoms with van der Waals surface area (Å²) in [4.78, 5) is 25.3. The summed E-state index contributed by atoms with van der Waals surface area (Å²) < 4.78 is 5.13. The molecule has 1 atom stereocenters. The van der Waals surface area contributed by atoms with Gasteiger partial charge in [0.1, 0.15) is 5.76 Å². The summed E-state index contributed by atoms with van der Waals surface area (Å²) in [6.07, 6.45) is 1.56. The monoisotopic (exact) mass is 281 g/mol. The third kappa shape index (κ3) is 5.05. The molecular formula is C14H23N3O3.